The summed E-state index contributed by atoms with van der Waals surface area (Å²) in [6.45, 7) is 1.99. The maximum Gasteiger partial charge on any atom is 0.338 e. The molecule has 34 heavy (non-hydrogen) atoms. The molecule has 0 aliphatic heterocycles. The van der Waals surface area contributed by atoms with Crippen LogP contribution in [-0.2, 0) is 9.53 Å². The summed E-state index contributed by atoms with van der Waals surface area (Å²) < 4.78 is 10.1. The van der Waals surface area contributed by atoms with Crippen LogP contribution in [0, 0.1) is 0 Å². The molecule has 3 rings (SSSR count). The molecule has 0 atom stereocenters. The van der Waals surface area contributed by atoms with Gasteiger partial charge in [0.1, 0.15) is 11.4 Å². The van der Waals surface area contributed by atoms with Crippen LogP contribution in [0.4, 0.5) is 5.69 Å². The van der Waals surface area contributed by atoms with Gasteiger partial charge in [0.2, 0.25) is 0 Å². The van der Waals surface area contributed by atoms with Crippen molar-refractivity contribution in [3.63, 3.8) is 0 Å². The highest BCUT2D eigenvalue weighted by Crippen LogP contribution is 2.18. The molecule has 0 saturated carbocycles. The molecule has 3 aromatic carbocycles. The molecule has 0 radical (unpaired) electrons. The van der Waals surface area contributed by atoms with Crippen LogP contribution in [0.3, 0.4) is 0 Å². The van der Waals surface area contributed by atoms with E-state index in [1.165, 1.54) is 6.08 Å². The minimum atomic E-state index is -0.555. The Morgan fingerprint density at radius 1 is 0.941 bits per heavy atom. The maximum absolute atomic E-state index is 13.1. The number of anilines is 1. The third-order valence-electron chi connectivity index (χ3n) is 4.69. The number of ether oxygens (including phenoxy) is 2. The predicted octanol–water partition coefficient (Wildman–Crippen LogP) is 4.93. The Balaban J connectivity index is 1.85. The van der Waals surface area contributed by atoms with Crippen LogP contribution < -0.4 is 15.4 Å². The molecular weight excluding hydrogens is 456 g/mol. The first kappa shape index (κ1) is 24.5. The van der Waals surface area contributed by atoms with Gasteiger partial charge in [-0.15, -0.1) is 0 Å². The fourth-order valence-electron chi connectivity index (χ4n) is 2.96. The van der Waals surface area contributed by atoms with E-state index in [2.05, 4.69) is 10.6 Å². The molecule has 0 aromatic heterocycles. The fourth-order valence-corrected chi connectivity index (χ4v) is 3.18. The van der Waals surface area contributed by atoms with Crippen LogP contribution in [0.2, 0.25) is 5.02 Å². The minimum absolute atomic E-state index is 0.00422. The maximum atomic E-state index is 13.1. The van der Waals surface area contributed by atoms with Crippen molar-refractivity contribution in [3.05, 3.63) is 100 Å². The summed E-state index contributed by atoms with van der Waals surface area (Å²) in [6.07, 6.45) is 1.54. The van der Waals surface area contributed by atoms with Crippen molar-refractivity contribution in [2.45, 2.75) is 6.92 Å². The van der Waals surface area contributed by atoms with Gasteiger partial charge in [-0.2, -0.15) is 0 Å². The average molecular weight is 479 g/mol. The van der Waals surface area contributed by atoms with Crippen molar-refractivity contribution < 1.29 is 23.9 Å². The van der Waals surface area contributed by atoms with Crippen molar-refractivity contribution in [2.24, 2.45) is 0 Å². The van der Waals surface area contributed by atoms with Gasteiger partial charge in [0.15, 0.2) is 0 Å². The first-order chi connectivity index (χ1) is 16.4. The molecular formula is C26H23ClN2O5. The monoisotopic (exact) mass is 478 g/mol. The smallest absolute Gasteiger partial charge is 0.338 e. The van der Waals surface area contributed by atoms with Gasteiger partial charge in [-0.1, -0.05) is 35.9 Å². The average Bonchev–Trinajstić information content (AvgIpc) is 2.85. The van der Waals surface area contributed by atoms with Gasteiger partial charge in [0.25, 0.3) is 11.8 Å². The van der Waals surface area contributed by atoms with Crippen LogP contribution in [0.25, 0.3) is 6.08 Å². The van der Waals surface area contributed by atoms with Gasteiger partial charge in [-0.05, 0) is 67.1 Å². The van der Waals surface area contributed by atoms with E-state index >= 15 is 0 Å². The lowest BCUT2D eigenvalue weighted by Gasteiger charge is -2.12. The van der Waals surface area contributed by atoms with Crippen LogP contribution in [0.1, 0.15) is 33.2 Å². The SMILES string of the molecule is CCOC(=O)c1ccc(NC(=O)/C(=C\c2ccc(OC)cc2)NC(=O)c2ccccc2Cl)cc1. The molecule has 0 spiro atoms. The number of halogens is 1. The molecule has 3 aromatic rings. The highest BCUT2D eigenvalue weighted by molar-refractivity contribution is 6.34. The van der Waals surface area contributed by atoms with Gasteiger partial charge >= 0.3 is 5.97 Å². The first-order valence-corrected chi connectivity index (χ1v) is 10.8. The number of carbonyl (C=O) groups is 3. The third-order valence-corrected chi connectivity index (χ3v) is 5.02. The molecule has 8 heteroatoms. The van der Waals surface area contributed by atoms with Gasteiger partial charge in [-0.25, -0.2) is 4.79 Å². The van der Waals surface area contributed by atoms with E-state index in [4.69, 9.17) is 21.1 Å². The number of hydrogen-bond acceptors (Lipinski definition) is 5. The Bertz CT molecular complexity index is 1200. The summed E-state index contributed by atoms with van der Waals surface area (Å²) >= 11 is 6.14. The molecule has 0 aliphatic carbocycles. The Hall–Kier alpha value is -4.10. The molecule has 2 N–H and O–H groups in total. The molecule has 0 heterocycles. The van der Waals surface area contributed by atoms with Crippen LogP contribution in [0.15, 0.2) is 78.5 Å². The second-order valence-corrected chi connectivity index (χ2v) is 7.42. The zero-order valence-electron chi connectivity index (χ0n) is 18.6. The van der Waals surface area contributed by atoms with Crippen molar-refractivity contribution >= 4 is 41.1 Å². The van der Waals surface area contributed by atoms with Gasteiger partial charge in [0, 0.05) is 5.69 Å². The molecule has 0 fully saturated rings. The molecule has 2 amide bonds. The second kappa shape index (κ2) is 11.7. The van der Waals surface area contributed by atoms with E-state index in [0.717, 1.165) is 0 Å². The van der Waals surface area contributed by atoms with E-state index in [-0.39, 0.29) is 22.9 Å². The Kier molecular flexibility index (Phi) is 8.43. The summed E-state index contributed by atoms with van der Waals surface area (Å²) in [5.41, 5.74) is 1.70. The summed E-state index contributed by atoms with van der Waals surface area (Å²) in [6, 6.07) is 19.8. The Morgan fingerprint density at radius 3 is 2.24 bits per heavy atom. The third kappa shape index (κ3) is 6.46. The zero-order valence-corrected chi connectivity index (χ0v) is 19.4. The summed E-state index contributed by atoms with van der Waals surface area (Å²) in [5.74, 6) is -0.879. The van der Waals surface area contributed by atoms with E-state index in [0.29, 0.717) is 22.6 Å². The van der Waals surface area contributed by atoms with E-state index in [1.807, 2.05) is 0 Å². The van der Waals surface area contributed by atoms with Crippen LogP contribution in [-0.4, -0.2) is 31.5 Å². The lowest BCUT2D eigenvalue weighted by Crippen LogP contribution is -2.31. The largest absolute Gasteiger partial charge is 0.497 e. The van der Waals surface area contributed by atoms with Crippen molar-refractivity contribution in [3.8, 4) is 5.75 Å². The van der Waals surface area contributed by atoms with Crippen molar-refractivity contribution in [2.75, 3.05) is 19.0 Å². The lowest BCUT2D eigenvalue weighted by atomic mass is 10.1. The number of nitrogens with one attached hydrogen (secondary N) is 2. The number of hydrogen-bond donors (Lipinski definition) is 2. The second-order valence-electron chi connectivity index (χ2n) is 7.02. The number of carbonyl (C=O) groups excluding carboxylic acids is 3. The normalized spacial score (nSPS) is 10.9. The van der Waals surface area contributed by atoms with E-state index in [9.17, 15) is 14.4 Å². The first-order valence-electron chi connectivity index (χ1n) is 10.4. The Morgan fingerprint density at radius 2 is 1.62 bits per heavy atom. The van der Waals surface area contributed by atoms with Crippen molar-refractivity contribution in [1.29, 1.82) is 0 Å². The summed E-state index contributed by atoms with van der Waals surface area (Å²) in [4.78, 5) is 37.7. The van der Waals surface area contributed by atoms with Crippen molar-refractivity contribution in [1.82, 2.24) is 5.32 Å². The predicted molar refractivity (Wildman–Crippen MR) is 131 cm³/mol. The van der Waals surface area contributed by atoms with E-state index < -0.39 is 17.8 Å². The number of rotatable bonds is 8. The molecule has 174 valence electrons. The number of methoxy groups -OCH3 is 1. The van der Waals surface area contributed by atoms with Gasteiger partial charge < -0.3 is 20.1 Å². The quantitative estimate of drug-likeness (QED) is 0.353. The fraction of sp³-hybridized carbons (Fsp3) is 0.115. The molecule has 0 aliphatic rings. The van der Waals surface area contributed by atoms with Crippen LogP contribution >= 0.6 is 11.6 Å². The topological polar surface area (TPSA) is 93.7 Å². The zero-order chi connectivity index (χ0) is 24.5. The lowest BCUT2D eigenvalue weighted by molar-refractivity contribution is -0.113. The molecule has 7 nitrogen and oxygen atoms in total. The molecule has 0 bridgehead atoms. The Labute approximate surface area is 202 Å². The van der Waals surface area contributed by atoms with Crippen LogP contribution in [0.5, 0.6) is 5.75 Å². The number of esters is 1. The van der Waals surface area contributed by atoms with Gasteiger partial charge in [-0.3, -0.25) is 9.59 Å². The van der Waals surface area contributed by atoms with E-state index in [1.54, 1.807) is 86.8 Å². The number of benzene rings is 3. The highest BCUT2D eigenvalue weighted by Gasteiger charge is 2.17. The standard InChI is InChI=1S/C26H23ClN2O5/c1-3-34-26(32)18-10-12-19(13-11-18)28-25(31)23(16-17-8-14-20(33-2)15-9-17)29-24(30)21-6-4-5-7-22(21)27/h4-16H,3H2,1-2H3,(H,28,31)(H,29,30)/b23-16+. The van der Waals surface area contributed by atoms with Gasteiger partial charge in [0.05, 0.1) is 29.9 Å². The summed E-state index contributed by atoms with van der Waals surface area (Å²) in [5, 5.41) is 5.62. The summed E-state index contributed by atoms with van der Waals surface area (Å²) in [7, 11) is 1.56. The number of amides is 2. The highest BCUT2D eigenvalue weighted by atomic mass is 35.5. The minimum Gasteiger partial charge on any atom is -0.497 e. The molecule has 0 unspecified atom stereocenters. The molecule has 0 saturated heterocycles.